The van der Waals surface area contributed by atoms with Gasteiger partial charge in [0, 0.05) is 31.2 Å². The molecule has 0 aliphatic carbocycles. The number of hydrogen-bond acceptors (Lipinski definition) is 4. The van der Waals surface area contributed by atoms with Crippen LogP contribution in [0.3, 0.4) is 0 Å². The molecule has 0 radical (unpaired) electrons. The van der Waals surface area contributed by atoms with E-state index in [9.17, 15) is 0 Å². The molecule has 0 spiro atoms. The molecule has 118 valence electrons. The number of likely N-dealkylation sites (N-methyl/N-ethyl adjacent to an activating group) is 1. The molecule has 1 heterocycles. The van der Waals surface area contributed by atoms with Gasteiger partial charge in [-0.3, -0.25) is 5.01 Å². The van der Waals surface area contributed by atoms with Gasteiger partial charge in [-0.15, -0.1) is 0 Å². The number of rotatable bonds is 2. The fraction of sp³-hybridized carbons (Fsp3) is 0.417. The first-order valence-electron chi connectivity index (χ1n) is 6.25. The molecule has 21 heavy (non-hydrogen) atoms. The second-order valence-electron chi connectivity index (χ2n) is 4.57. The van der Waals surface area contributed by atoms with E-state index in [1.807, 2.05) is 30.5 Å². The zero-order valence-electron chi connectivity index (χ0n) is 11.6. The number of benzene rings is 1. The third kappa shape index (κ3) is 9.57. The Hall–Kier alpha value is -0.950. The molecule has 9 heteroatoms. The van der Waals surface area contributed by atoms with Gasteiger partial charge in [-0.25, -0.2) is 4.57 Å². The number of piperazine rings is 1. The minimum atomic E-state index is -4.64. The Kier molecular flexibility index (Phi) is 7.31. The Morgan fingerprint density at radius 3 is 2.33 bits per heavy atom. The predicted octanol–water partition coefficient (Wildman–Crippen LogP) is 0.993. The van der Waals surface area contributed by atoms with E-state index in [1.165, 1.54) is 0 Å². The van der Waals surface area contributed by atoms with Crippen molar-refractivity contribution in [2.24, 2.45) is 5.10 Å². The summed E-state index contributed by atoms with van der Waals surface area (Å²) >= 11 is 5.90. The monoisotopic (exact) mass is 335 g/mol. The fourth-order valence-corrected chi connectivity index (χ4v) is 1.85. The summed E-state index contributed by atoms with van der Waals surface area (Å²) in [6.45, 7) is 4.14. The van der Waals surface area contributed by atoms with Crippen LogP contribution in [-0.2, 0) is 4.57 Å². The molecule has 1 saturated heterocycles. The molecule has 0 atom stereocenters. The van der Waals surface area contributed by atoms with E-state index in [2.05, 4.69) is 22.1 Å². The first kappa shape index (κ1) is 18.1. The van der Waals surface area contributed by atoms with Gasteiger partial charge in [-0.2, -0.15) is 5.10 Å². The van der Waals surface area contributed by atoms with Crippen molar-refractivity contribution < 1.29 is 19.2 Å². The smallest absolute Gasteiger partial charge is 0.303 e. The zero-order valence-corrected chi connectivity index (χ0v) is 13.3. The highest BCUT2D eigenvalue weighted by Gasteiger charge is 2.10. The van der Waals surface area contributed by atoms with Crippen molar-refractivity contribution in [3.05, 3.63) is 34.9 Å². The van der Waals surface area contributed by atoms with Gasteiger partial charge in [0.1, 0.15) is 0 Å². The van der Waals surface area contributed by atoms with Crippen molar-refractivity contribution in [1.29, 1.82) is 0 Å². The first-order valence-corrected chi connectivity index (χ1v) is 8.20. The van der Waals surface area contributed by atoms with E-state index in [0.29, 0.717) is 0 Å². The van der Waals surface area contributed by atoms with Crippen LogP contribution in [0.1, 0.15) is 5.56 Å². The highest BCUT2D eigenvalue weighted by molar-refractivity contribution is 7.45. The molecule has 2 rings (SSSR count). The maximum atomic E-state index is 8.88. The number of hydrazone groups is 1. The lowest BCUT2D eigenvalue weighted by atomic mass is 10.2. The van der Waals surface area contributed by atoms with Gasteiger partial charge in [0.25, 0.3) is 0 Å². The summed E-state index contributed by atoms with van der Waals surface area (Å²) in [7, 11) is -2.50. The van der Waals surface area contributed by atoms with Crippen LogP contribution in [0, 0.1) is 0 Å². The highest BCUT2D eigenvalue weighted by Crippen LogP contribution is 2.25. The molecule has 0 aromatic heterocycles. The summed E-state index contributed by atoms with van der Waals surface area (Å²) < 4.78 is 8.88. The second-order valence-corrected chi connectivity index (χ2v) is 6.03. The quantitative estimate of drug-likeness (QED) is 0.551. The van der Waals surface area contributed by atoms with Crippen LogP contribution < -0.4 is 0 Å². The second kappa shape index (κ2) is 8.48. The standard InChI is InChI=1S/C12H16ClN3.H3O4P/c1-15-5-7-16(8-6-15)14-10-11-3-2-4-12(13)9-11;1-5(2,3)4/h2-4,9-10H,5-8H2,1H3;(H3,1,2,3,4). The van der Waals surface area contributed by atoms with Gasteiger partial charge in [0.05, 0.1) is 6.21 Å². The Bertz CT molecular complexity index is 507. The SMILES string of the molecule is CN1CCN(N=Cc2cccc(Cl)c2)CC1.O=P(O)(O)O. The molecule has 0 saturated carbocycles. The zero-order chi connectivity index (χ0) is 15.9. The van der Waals surface area contributed by atoms with Gasteiger partial charge in [0.15, 0.2) is 0 Å². The van der Waals surface area contributed by atoms with Crippen molar-refractivity contribution in [2.75, 3.05) is 33.2 Å². The summed E-state index contributed by atoms with van der Waals surface area (Å²) in [6.07, 6.45) is 1.87. The van der Waals surface area contributed by atoms with Crippen LogP contribution in [-0.4, -0.2) is 64.0 Å². The van der Waals surface area contributed by atoms with Crippen LogP contribution in [0.4, 0.5) is 0 Å². The van der Waals surface area contributed by atoms with Crippen LogP contribution in [0.2, 0.25) is 5.02 Å². The van der Waals surface area contributed by atoms with Gasteiger partial charge in [0.2, 0.25) is 0 Å². The lowest BCUT2D eigenvalue weighted by Crippen LogP contribution is -2.41. The Balaban J connectivity index is 0.000000383. The molecule has 1 aromatic rings. The third-order valence-corrected chi connectivity index (χ3v) is 2.93. The minimum absolute atomic E-state index is 0.752. The first-order chi connectivity index (χ1) is 9.74. The molecule has 3 N–H and O–H groups in total. The lowest BCUT2D eigenvalue weighted by molar-refractivity contribution is 0.159. The molecule has 1 aromatic carbocycles. The van der Waals surface area contributed by atoms with Crippen LogP contribution in [0.25, 0.3) is 0 Å². The van der Waals surface area contributed by atoms with Gasteiger partial charge in [-0.1, -0.05) is 23.7 Å². The number of hydrogen-bond donors (Lipinski definition) is 3. The summed E-state index contributed by atoms with van der Waals surface area (Å²) in [4.78, 5) is 23.9. The van der Waals surface area contributed by atoms with Crippen LogP contribution in [0.5, 0.6) is 0 Å². The van der Waals surface area contributed by atoms with Gasteiger partial charge < -0.3 is 19.6 Å². The van der Waals surface area contributed by atoms with Crippen LogP contribution >= 0.6 is 19.4 Å². The van der Waals surface area contributed by atoms with E-state index in [1.54, 1.807) is 0 Å². The van der Waals surface area contributed by atoms with E-state index < -0.39 is 7.82 Å². The lowest BCUT2D eigenvalue weighted by Gasteiger charge is -2.30. The fourth-order valence-electron chi connectivity index (χ4n) is 1.65. The van der Waals surface area contributed by atoms with Crippen molar-refractivity contribution >= 4 is 25.6 Å². The molecule has 0 amide bonds. The Labute approximate surface area is 128 Å². The molecule has 0 bridgehead atoms. The topological polar surface area (TPSA) is 96.6 Å². The summed E-state index contributed by atoms with van der Waals surface area (Å²) in [5, 5.41) is 7.30. The molecule has 1 fully saturated rings. The molecule has 0 unspecified atom stereocenters. The van der Waals surface area contributed by atoms with E-state index >= 15 is 0 Å². The number of nitrogens with zero attached hydrogens (tertiary/aromatic N) is 3. The molecule has 1 aliphatic rings. The molecule has 1 aliphatic heterocycles. The molecular weight excluding hydrogens is 317 g/mol. The Morgan fingerprint density at radius 1 is 1.24 bits per heavy atom. The highest BCUT2D eigenvalue weighted by atomic mass is 35.5. The largest absolute Gasteiger partial charge is 0.466 e. The van der Waals surface area contributed by atoms with Crippen molar-refractivity contribution in [2.45, 2.75) is 0 Å². The van der Waals surface area contributed by atoms with E-state index in [0.717, 1.165) is 36.8 Å². The minimum Gasteiger partial charge on any atom is -0.303 e. The van der Waals surface area contributed by atoms with Crippen molar-refractivity contribution in [3.8, 4) is 0 Å². The average Bonchev–Trinajstić information content (AvgIpc) is 2.36. The number of halogens is 1. The maximum Gasteiger partial charge on any atom is 0.466 e. The summed E-state index contributed by atoms with van der Waals surface area (Å²) in [6, 6.07) is 7.73. The summed E-state index contributed by atoms with van der Waals surface area (Å²) in [5.41, 5.74) is 1.05. The van der Waals surface area contributed by atoms with Gasteiger partial charge in [-0.05, 0) is 24.7 Å². The van der Waals surface area contributed by atoms with Crippen LogP contribution in [0.15, 0.2) is 29.4 Å². The maximum absolute atomic E-state index is 8.88. The normalized spacial score (nSPS) is 16.7. The number of phosphoric acid groups is 1. The van der Waals surface area contributed by atoms with E-state index in [4.69, 9.17) is 30.8 Å². The van der Waals surface area contributed by atoms with Crippen molar-refractivity contribution in [3.63, 3.8) is 0 Å². The van der Waals surface area contributed by atoms with E-state index in [-0.39, 0.29) is 0 Å². The van der Waals surface area contributed by atoms with Crippen molar-refractivity contribution in [1.82, 2.24) is 9.91 Å². The Morgan fingerprint density at radius 2 is 1.81 bits per heavy atom. The predicted molar refractivity (Wildman–Crippen MR) is 82.4 cm³/mol. The molecule has 7 nitrogen and oxygen atoms in total. The summed E-state index contributed by atoms with van der Waals surface area (Å²) in [5.74, 6) is 0. The van der Waals surface area contributed by atoms with Gasteiger partial charge >= 0.3 is 7.82 Å². The third-order valence-electron chi connectivity index (χ3n) is 2.70. The average molecular weight is 336 g/mol. The molecular formula is C12H19ClN3O4P.